The van der Waals surface area contributed by atoms with Crippen LogP contribution in [0.4, 0.5) is 4.39 Å². The number of hydrogen-bond donors (Lipinski definition) is 2. The van der Waals surface area contributed by atoms with E-state index < -0.39 is 0 Å². The highest BCUT2D eigenvalue weighted by atomic mass is 19.1. The van der Waals surface area contributed by atoms with Gasteiger partial charge in [-0.1, -0.05) is 6.92 Å². The summed E-state index contributed by atoms with van der Waals surface area (Å²) in [7, 11) is 1.93. The normalized spacial score (nSPS) is 17.9. The summed E-state index contributed by atoms with van der Waals surface area (Å²) in [6.45, 7) is 7.73. The van der Waals surface area contributed by atoms with Crippen molar-refractivity contribution < 1.29 is 4.39 Å². The summed E-state index contributed by atoms with van der Waals surface area (Å²) in [5, 5.41) is 14.9. The first-order valence-electron chi connectivity index (χ1n) is 9.79. The average Bonchev–Trinajstić information content (AvgIpc) is 3.29. The van der Waals surface area contributed by atoms with Crippen molar-refractivity contribution in [1.82, 2.24) is 35.3 Å². The van der Waals surface area contributed by atoms with Crippen LogP contribution in [0.15, 0.2) is 23.3 Å². The largest absolute Gasteiger partial charge is 0.355 e. The molecule has 2 aromatic heterocycles. The van der Waals surface area contributed by atoms with Crippen molar-refractivity contribution in [3.63, 3.8) is 0 Å². The first-order chi connectivity index (χ1) is 13.6. The lowest BCUT2D eigenvalue weighted by Crippen LogP contribution is -2.45. The van der Waals surface area contributed by atoms with Gasteiger partial charge < -0.3 is 15.2 Å². The number of pyridine rings is 1. The second-order valence-corrected chi connectivity index (χ2v) is 6.98. The maximum Gasteiger partial charge on any atom is 0.192 e. The average molecular weight is 388 g/mol. The van der Waals surface area contributed by atoms with E-state index >= 15 is 0 Å². The standard InChI is InChI=1S/C19H29FN8/c1-4-28-10-6-7-15(28)11-22-19(23-12-17-16(20)8-5-9-21-17)24-13-18-26-25-14(2)27(18)3/h5,8-9,15H,4,6-7,10-13H2,1-3H3,(H2,22,23,24). The summed E-state index contributed by atoms with van der Waals surface area (Å²) in [6.07, 6.45) is 3.97. The van der Waals surface area contributed by atoms with Crippen LogP contribution in [0.2, 0.25) is 0 Å². The molecule has 1 saturated heterocycles. The van der Waals surface area contributed by atoms with Crippen LogP contribution in [-0.2, 0) is 20.1 Å². The van der Waals surface area contributed by atoms with E-state index in [0.717, 1.165) is 31.3 Å². The number of nitrogens with one attached hydrogen (secondary N) is 2. The molecule has 1 unspecified atom stereocenters. The van der Waals surface area contributed by atoms with Crippen LogP contribution in [0.25, 0.3) is 0 Å². The lowest BCUT2D eigenvalue weighted by atomic mass is 10.2. The molecule has 2 N–H and O–H groups in total. The maximum absolute atomic E-state index is 13.9. The molecule has 0 saturated carbocycles. The van der Waals surface area contributed by atoms with Crippen LogP contribution in [0.3, 0.4) is 0 Å². The van der Waals surface area contributed by atoms with E-state index in [1.807, 2.05) is 18.5 Å². The van der Waals surface area contributed by atoms with Gasteiger partial charge in [-0.25, -0.2) is 9.38 Å². The zero-order chi connectivity index (χ0) is 19.9. The molecule has 1 aliphatic rings. The fourth-order valence-corrected chi connectivity index (χ4v) is 3.39. The monoisotopic (exact) mass is 388 g/mol. The summed E-state index contributed by atoms with van der Waals surface area (Å²) in [4.78, 5) is 11.1. The highest BCUT2D eigenvalue weighted by molar-refractivity contribution is 5.79. The molecule has 2 aromatic rings. The Morgan fingerprint density at radius 3 is 2.93 bits per heavy atom. The number of aromatic nitrogens is 4. The second kappa shape index (κ2) is 9.59. The zero-order valence-corrected chi connectivity index (χ0v) is 16.8. The lowest BCUT2D eigenvalue weighted by molar-refractivity contribution is 0.267. The van der Waals surface area contributed by atoms with Crippen molar-refractivity contribution in [3.05, 3.63) is 41.5 Å². The summed E-state index contributed by atoms with van der Waals surface area (Å²) in [6, 6.07) is 3.47. The number of hydrogen-bond acceptors (Lipinski definition) is 5. The molecule has 1 atom stereocenters. The number of rotatable bonds is 7. The van der Waals surface area contributed by atoms with E-state index in [1.165, 1.54) is 18.9 Å². The van der Waals surface area contributed by atoms with Gasteiger partial charge in [0.1, 0.15) is 11.6 Å². The van der Waals surface area contributed by atoms with E-state index in [2.05, 4.69) is 42.6 Å². The summed E-state index contributed by atoms with van der Waals surface area (Å²) < 4.78 is 15.8. The summed E-state index contributed by atoms with van der Waals surface area (Å²) in [5.74, 6) is 1.94. The molecule has 0 radical (unpaired) electrons. The fourth-order valence-electron chi connectivity index (χ4n) is 3.39. The smallest absolute Gasteiger partial charge is 0.192 e. The van der Waals surface area contributed by atoms with Crippen LogP contribution < -0.4 is 10.6 Å². The maximum atomic E-state index is 13.9. The lowest BCUT2D eigenvalue weighted by Gasteiger charge is -2.24. The molecule has 1 fully saturated rings. The topological polar surface area (TPSA) is 83.3 Å². The highest BCUT2D eigenvalue weighted by Gasteiger charge is 2.22. The van der Waals surface area contributed by atoms with Gasteiger partial charge in [0.15, 0.2) is 11.8 Å². The Bertz CT molecular complexity index is 803. The first-order valence-corrected chi connectivity index (χ1v) is 9.79. The molecular weight excluding hydrogens is 359 g/mol. The molecule has 1 aliphatic heterocycles. The Kier molecular flexibility index (Phi) is 6.91. The van der Waals surface area contributed by atoms with Gasteiger partial charge in [0.05, 0.1) is 18.8 Å². The van der Waals surface area contributed by atoms with Crippen molar-refractivity contribution in [1.29, 1.82) is 0 Å². The molecule has 3 heterocycles. The number of aryl methyl sites for hydroxylation is 1. The van der Waals surface area contributed by atoms with E-state index in [1.54, 1.807) is 12.3 Å². The van der Waals surface area contributed by atoms with Gasteiger partial charge in [-0.3, -0.25) is 9.88 Å². The Hall–Kier alpha value is -2.55. The van der Waals surface area contributed by atoms with Crippen LogP contribution >= 0.6 is 0 Å². The van der Waals surface area contributed by atoms with Gasteiger partial charge in [-0.15, -0.1) is 10.2 Å². The van der Waals surface area contributed by atoms with E-state index in [0.29, 0.717) is 24.2 Å². The van der Waals surface area contributed by atoms with Crippen molar-refractivity contribution in [2.24, 2.45) is 12.0 Å². The molecule has 0 aliphatic carbocycles. The zero-order valence-electron chi connectivity index (χ0n) is 16.8. The third-order valence-corrected chi connectivity index (χ3v) is 5.23. The summed E-state index contributed by atoms with van der Waals surface area (Å²) >= 11 is 0. The van der Waals surface area contributed by atoms with E-state index in [-0.39, 0.29) is 12.4 Å². The second-order valence-electron chi connectivity index (χ2n) is 6.98. The number of likely N-dealkylation sites (tertiary alicyclic amines) is 1. The fraction of sp³-hybridized carbons (Fsp3) is 0.579. The van der Waals surface area contributed by atoms with Crippen molar-refractivity contribution >= 4 is 5.96 Å². The van der Waals surface area contributed by atoms with Crippen LogP contribution in [0, 0.1) is 12.7 Å². The molecule has 0 amide bonds. The van der Waals surface area contributed by atoms with E-state index in [4.69, 9.17) is 0 Å². The van der Waals surface area contributed by atoms with Crippen molar-refractivity contribution in [2.75, 3.05) is 19.6 Å². The van der Waals surface area contributed by atoms with Gasteiger partial charge in [0.25, 0.3) is 0 Å². The predicted octanol–water partition coefficient (Wildman–Crippen LogP) is 1.38. The number of guanidine groups is 1. The predicted molar refractivity (Wildman–Crippen MR) is 106 cm³/mol. The quantitative estimate of drug-likeness (QED) is 0.551. The SMILES string of the molecule is CCN1CCCC1CNC(=NCc1ncccc1F)NCc1nnc(C)n1C. The van der Waals surface area contributed by atoms with Gasteiger partial charge in [0, 0.05) is 25.8 Å². The van der Waals surface area contributed by atoms with Gasteiger partial charge >= 0.3 is 0 Å². The van der Waals surface area contributed by atoms with Crippen LogP contribution in [-0.4, -0.2) is 56.3 Å². The van der Waals surface area contributed by atoms with Crippen LogP contribution in [0.1, 0.15) is 37.1 Å². The Balaban J connectivity index is 1.66. The Morgan fingerprint density at radius 2 is 2.21 bits per heavy atom. The molecule has 0 bridgehead atoms. The Morgan fingerprint density at radius 1 is 1.36 bits per heavy atom. The van der Waals surface area contributed by atoms with Gasteiger partial charge in [-0.2, -0.15) is 0 Å². The third kappa shape index (κ3) is 5.03. The molecule has 3 rings (SSSR count). The molecule has 0 aromatic carbocycles. The Labute approximate surface area is 165 Å². The molecule has 28 heavy (non-hydrogen) atoms. The number of aliphatic imine (C=N–C) groups is 1. The molecule has 8 nitrogen and oxygen atoms in total. The number of halogens is 1. The first kappa shape index (κ1) is 20.2. The molecular formula is C19H29FN8. The van der Waals surface area contributed by atoms with Gasteiger partial charge in [-0.05, 0) is 45.0 Å². The minimum atomic E-state index is -0.345. The van der Waals surface area contributed by atoms with Crippen molar-refractivity contribution in [3.8, 4) is 0 Å². The minimum absolute atomic E-state index is 0.169. The van der Waals surface area contributed by atoms with Crippen LogP contribution in [0.5, 0.6) is 0 Å². The van der Waals surface area contributed by atoms with E-state index in [9.17, 15) is 4.39 Å². The number of nitrogens with zero attached hydrogens (tertiary/aromatic N) is 6. The molecule has 152 valence electrons. The van der Waals surface area contributed by atoms with Crippen molar-refractivity contribution in [2.45, 2.75) is 45.8 Å². The minimum Gasteiger partial charge on any atom is -0.355 e. The summed E-state index contributed by atoms with van der Waals surface area (Å²) in [5.41, 5.74) is 0.328. The molecule has 9 heteroatoms. The number of likely N-dealkylation sites (N-methyl/N-ethyl adjacent to an activating group) is 1. The highest BCUT2D eigenvalue weighted by Crippen LogP contribution is 2.15. The molecule has 0 spiro atoms. The third-order valence-electron chi connectivity index (χ3n) is 5.23. The van der Waals surface area contributed by atoms with Gasteiger partial charge in [0.2, 0.25) is 0 Å².